The third-order valence-corrected chi connectivity index (χ3v) is 4.20. The first-order chi connectivity index (χ1) is 10.0. The van der Waals surface area contributed by atoms with E-state index in [0.717, 1.165) is 31.8 Å². The average Bonchev–Trinajstić information content (AvgIpc) is 3.03. The number of nitrogens with zero attached hydrogens (tertiary/aromatic N) is 3. The van der Waals surface area contributed by atoms with Crippen LogP contribution in [0.3, 0.4) is 0 Å². The predicted octanol–water partition coefficient (Wildman–Crippen LogP) is 2.20. The van der Waals surface area contributed by atoms with Gasteiger partial charge in [0.25, 0.3) is 0 Å². The predicted molar refractivity (Wildman–Crippen MR) is 82.2 cm³/mol. The maximum absolute atomic E-state index is 12.0. The minimum atomic E-state index is 0.211. The van der Waals surface area contributed by atoms with Crippen LogP contribution in [-0.2, 0) is 16.0 Å². The Bertz CT molecular complexity index is 482. The molecule has 1 atom stereocenters. The zero-order chi connectivity index (χ0) is 15.4. The van der Waals surface area contributed by atoms with Gasteiger partial charge in [-0.15, -0.1) is 0 Å². The lowest BCUT2D eigenvalue weighted by Gasteiger charge is -2.18. The van der Waals surface area contributed by atoms with E-state index < -0.39 is 0 Å². The standard InChI is InChI=1S/C16H27N3O2/c1-12(2)19-13(3)10-17-15(19)9-14-5-7-18(11-14)16(20)6-8-21-4/h10,12,14H,5-9,11H2,1-4H3. The van der Waals surface area contributed by atoms with Gasteiger partial charge in [-0.05, 0) is 33.1 Å². The molecule has 0 saturated carbocycles. The highest BCUT2D eigenvalue weighted by molar-refractivity contribution is 5.76. The molecular formula is C16H27N3O2. The maximum Gasteiger partial charge on any atom is 0.224 e. The Morgan fingerprint density at radius 2 is 2.29 bits per heavy atom. The highest BCUT2D eigenvalue weighted by Gasteiger charge is 2.27. The summed E-state index contributed by atoms with van der Waals surface area (Å²) >= 11 is 0. The van der Waals surface area contributed by atoms with E-state index >= 15 is 0 Å². The number of carbonyl (C=O) groups excluding carboxylic acids is 1. The van der Waals surface area contributed by atoms with Crippen molar-refractivity contribution in [2.75, 3.05) is 26.8 Å². The molecule has 5 heteroatoms. The van der Waals surface area contributed by atoms with Gasteiger partial charge in [0.15, 0.2) is 0 Å². The van der Waals surface area contributed by atoms with Gasteiger partial charge in [-0.1, -0.05) is 0 Å². The van der Waals surface area contributed by atoms with E-state index in [2.05, 4.69) is 30.3 Å². The number of hydrogen-bond acceptors (Lipinski definition) is 3. The van der Waals surface area contributed by atoms with Gasteiger partial charge in [0.2, 0.25) is 5.91 Å². The fourth-order valence-corrected chi connectivity index (χ4v) is 3.18. The molecule has 0 N–H and O–H groups in total. The Morgan fingerprint density at radius 1 is 1.52 bits per heavy atom. The van der Waals surface area contributed by atoms with Crippen molar-refractivity contribution in [2.45, 2.75) is 46.1 Å². The summed E-state index contributed by atoms with van der Waals surface area (Å²) in [4.78, 5) is 18.5. The van der Waals surface area contributed by atoms with Crippen LogP contribution in [0.5, 0.6) is 0 Å². The first kappa shape index (κ1) is 16.0. The Balaban J connectivity index is 1.92. The quantitative estimate of drug-likeness (QED) is 0.808. The van der Waals surface area contributed by atoms with Gasteiger partial charge in [-0.25, -0.2) is 4.98 Å². The molecule has 2 heterocycles. The molecule has 5 nitrogen and oxygen atoms in total. The summed E-state index contributed by atoms with van der Waals surface area (Å²) in [5, 5.41) is 0. The summed E-state index contributed by atoms with van der Waals surface area (Å²) in [7, 11) is 1.63. The van der Waals surface area contributed by atoms with Gasteiger partial charge < -0.3 is 14.2 Å². The van der Waals surface area contributed by atoms with Gasteiger partial charge in [0.1, 0.15) is 5.82 Å². The monoisotopic (exact) mass is 293 g/mol. The molecule has 1 amide bonds. The lowest BCUT2D eigenvalue weighted by atomic mass is 10.0. The van der Waals surface area contributed by atoms with Crippen molar-refractivity contribution < 1.29 is 9.53 Å². The number of amides is 1. The van der Waals surface area contributed by atoms with Crippen LogP contribution >= 0.6 is 0 Å². The second-order valence-corrected chi connectivity index (χ2v) is 6.22. The van der Waals surface area contributed by atoms with Crippen molar-refractivity contribution in [3.63, 3.8) is 0 Å². The van der Waals surface area contributed by atoms with Crippen molar-refractivity contribution in [3.05, 3.63) is 17.7 Å². The van der Waals surface area contributed by atoms with Crippen LogP contribution in [0.15, 0.2) is 6.20 Å². The summed E-state index contributed by atoms with van der Waals surface area (Å²) in [5.74, 6) is 1.89. The van der Waals surface area contributed by atoms with Gasteiger partial charge in [0.05, 0.1) is 13.0 Å². The van der Waals surface area contributed by atoms with Crippen molar-refractivity contribution in [2.24, 2.45) is 5.92 Å². The fraction of sp³-hybridized carbons (Fsp3) is 0.750. The molecule has 118 valence electrons. The lowest BCUT2D eigenvalue weighted by molar-refractivity contribution is -0.131. The molecule has 2 rings (SSSR count). The minimum Gasteiger partial charge on any atom is -0.384 e. The normalized spacial score (nSPS) is 18.7. The molecule has 0 radical (unpaired) electrons. The fourth-order valence-electron chi connectivity index (χ4n) is 3.18. The van der Waals surface area contributed by atoms with E-state index in [0.29, 0.717) is 25.0 Å². The molecule has 1 aliphatic rings. The zero-order valence-corrected chi connectivity index (χ0v) is 13.6. The molecule has 0 spiro atoms. The molecule has 1 aliphatic heterocycles. The Kier molecular flexibility index (Phi) is 5.39. The highest BCUT2D eigenvalue weighted by Crippen LogP contribution is 2.23. The van der Waals surface area contributed by atoms with Gasteiger partial charge in [0, 0.05) is 44.6 Å². The molecule has 0 aliphatic carbocycles. The molecule has 1 aromatic rings. The third-order valence-electron chi connectivity index (χ3n) is 4.20. The number of methoxy groups -OCH3 is 1. The van der Waals surface area contributed by atoms with Crippen molar-refractivity contribution in [3.8, 4) is 0 Å². The molecule has 1 saturated heterocycles. The topological polar surface area (TPSA) is 47.4 Å². The largest absolute Gasteiger partial charge is 0.384 e. The number of aromatic nitrogens is 2. The SMILES string of the molecule is COCCC(=O)N1CCC(Cc2ncc(C)n2C(C)C)C1. The van der Waals surface area contributed by atoms with E-state index in [-0.39, 0.29) is 5.91 Å². The zero-order valence-electron chi connectivity index (χ0n) is 13.6. The third kappa shape index (κ3) is 3.84. The molecule has 0 bridgehead atoms. The summed E-state index contributed by atoms with van der Waals surface area (Å²) in [6, 6.07) is 0.434. The Labute approximate surface area is 127 Å². The Hall–Kier alpha value is -1.36. The first-order valence-corrected chi connectivity index (χ1v) is 7.82. The molecule has 1 fully saturated rings. The van der Waals surface area contributed by atoms with Crippen molar-refractivity contribution in [1.82, 2.24) is 14.5 Å². The number of carbonyl (C=O) groups is 1. The van der Waals surface area contributed by atoms with Crippen LogP contribution in [0.2, 0.25) is 0 Å². The van der Waals surface area contributed by atoms with E-state index in [4.69, 9.17) is 4.74 Å². The summed E-state index contributed by atoms with van der Waals surface area (Å²) < 4.78 is 7.28. The molecule has 0 aromatic carbocycles. The van der Waals surface area contributed by atoms with Gasteiger partial charge in [-0.2, -0.15) is 0 Å². The van der Waals surface area contributed by atoms with Crippen LogP contribution in [0.25, 0.3) is 0 Å². The number of hydrogen-bond donors (Lipinski definition) is 0. The maximum atomic E-state index is 12.0. The smallest absolute Gasteiger partial charge is 0.224 e. The molecule has 1 unspecified atom stereocenters. The summed E-state index contributed by atoms with van der Waals surface area (Å²) in [6.07, 6.45) is 4.47. The van der Waals surface area contributed by atoms with Gasteiger partial charge in [-0.3, -0.25) is 4.79 Å². The highest BCUT2D eigenvalue weighted by atomic mass is 16.5. The number of imidazole rings is 1. The van der Waals surface area contributed by atoms with Crippen molar-refractivity contribution >= 4 is 5.91 Å². The number of rotatable bonds is 6. The number of likely N-dealkylation sites (tertiary alicyclic amines) is 1. The Morgan fingerprint density at radius 3 is 2.95 bits per heavy atom. The molecule has 21 heavy (non-hydrogen) atoms. The van der Waals surface area contributed by atoms with E-state index in [1.807, 2.05) is 11.1 Å². The molecule has 1 aromatic heterocycles. The molecular weight excluding hydrogens is 266 g/mol. The van der Waals surface area contributed by atoms with E-state index in [1.165, 1.54) is 5.69 Å². The number of aryl methyl sites for hydroxylation is 1. The van der Waals surface area contributed by atoms with E-state index in [1.54, 1.807) is 7.11 Å². The van der Waals surface area contributed by atoms with Crippen molar-refractivity contribution in [1.29, 1.82) is 0 Å². The van der Waals surface area contributed by atoms with Crippen LogP contribution in [0.4, 0.5) is 0 Å². The summed E-state index contributed by atoms with van der Waals surface area (Å²) in [5.41, 5.74) is 1.21. The second kappa shape index (κ2) is 7.07. The minimum absolute atomic E-state index is 0.211. The van der Waals surface area contributed by atoms with Crippen LogP contribution < -0.4 is 0 Å². The number of ether oxygens (including phenoxy) is 1. The summed E-state index contributed by atoms with van der Waals surface area (Å²) in [6.45, 7) is 8.71. The van der Waals surface area contributed by atoms with Crippen LogP contribution in [0, 0.1) is 12.8 Å². The van der Waals surface area contributed by atoms with E-state index in [9.17, 15) is 4.79 Å². The average molecular weight is 293 g/mol. The second-order valence-electron chi connectivity index (χ2n) is 6.22. The first-order valence-electron chi connectivity index (χ1n) is 7.82. The van der Waals surface area contributed by atoms with Gasteiger partial charge >= 0.3 is 0 Å². The lowest BCUT2D eigenvalue weighted by Crippen LogP contribution is -2.29. The van der Waals surface area contributed by atoms with Crippen LogP contribution in [-0.4, -0.2) is 47.2 Å². The van der Waals surface area contributed by atoms with Crippen LogP contribution in [0.1, 0.15) is 44.2 Å².